The van der Waals surface area contributed by atoms with Crippen molar-refractivity contribution in [1.82, 2.24) is 0 Å². The summed E-state index contributed by atoms with van der Waals surface area (Å²) < 4.78 is 0. The van der Waals surface area contributed by atoms with Crippen molar-refractivity contribution in [2.45, 2.75) is 96.6 Å². The van der Waals surface area contributed by atoms with Gasteiger partial charge in [0.25, 0.3) is 0 Å². The van der Waals surface area contributed by atoms with Crippen LogP contribution in [0, 0.1) is 46.3 Å². The normalized spacial score (nSPS) is 54.0. The minimum absolute atomic E-state index is 0.000818. The molecule has 6 nitrogen and oxygen atoms in total. The molecule has 12 atom stereocenters. The molecule has 4 fully saturated rings. The number of carboxylic acids is 1. The van der Waals surface area contributed by atoms with Gasteiger partial charge in [0.2, 0.25) is 0 Å². The van der Waals surface area contributed by atoms with Crippen molar-refractivity contribution in [2.75, 3.05) is 0 Å². The molecular formula is C24H40O6. The molecule has 0 spiro atoms. The predicted molar refractivity (Wildman–Crippen MR) is 111 cm³/mol. The number of carbonyl (C=O) groups is 1. The SMILES string of the molecule is C[C@H](CCC(=O)O)[C@H]1CC[C@H]2[C@@H]3C(O)C(O)C4CC(O)C(O)C[C@]4(C)[C@H]3CC[C@]12C. The predicted octanol–water partition coefficient (Wildman–Crippen LogP) is 2.42. The molecule has 0 aromatic rings. The fraction of sp³-hybridized carbons (Fsp3) is 0.958. The molecule has 4 saturated carbocycles. The van der Waals surface area contributed by atoms with Crippen LogP contribution in [0.15, 0.2) is 0 Å². The lowest BCUT2D eigenvalue weighted by molar-refractivity contribution is -0.237. The number of fused-ring (bicyclic) bond motifs is 5. The van der Waals surface area contributed by atoms with Crippen molar-refractivity contribution >= 4 is 5.97 Å². The molecule has 6 heteroatoms. The summed E-state index contributed by atoms with van der Waals surface area (Å²) in [6.07, 6.45) is 2.50. The molecule has 30 heavy (non-hydrogen) atoms. The van der Waals surface area contributed by atoms with Gasteiger partial charge in [-0.05, 0) is 91.3 Å². The van der Waals surface area contributed by atoms with E-state index in [1.165, 1.54) is 0 Å². The van der Waals surface area contributed by atoms with E-state index in [4.69, 9.17) is 5.11 Å². The summed E-state index contributed by atoms with van der Waals surface area (Å²) in [6, 6.07) is 0. The van der Waals surface area contributed by atoms with E-state index in [0.29, 0.717) is 37.0 Å². The Kier molecular flexibility index (Phi) is 5.79. The fourth-order valence-corrected chi connectivity index (χ4v) is 8.81. The Morgan fingerprint density at radius 3 is 2.27 bits per heavy atom. The molecule has 0 bridgehead atoms. The van der Waals surface area contributed by atoms with Crippen LogP contribution in [0.25, 0.3) is 0 Å². The minimum atomic E-state index is -0.871. The van der Waals surface area contributed by atoms with Gasteiger partial charge >= 0.3 is 5.97 Å². The quantitative estimate of drug-likeness (QED) is 0.473. The van der Waals surface area contributed by atoms with Crippen LogP contribution in [-0.2, 0) is 4.79 Å². The van der Waals surface area contributed by atoms with Crippen LogP contribution in [0.5, 0.6) is 0 Å². The molecule has 0 aromatic carbocycles. The summed E-state index contributed by atoms with van der Waals surface area (Å²) in [5.41, 5.74) is -0.230. The lowest BCUT2D eigenvalue weighted by atomic mass is 9.43. The molecule has 0 saturated heterocycles. The first-order valence-electron chi connectivity index (χ1n) is 11.9. The van der Waals surface area contributed by atoms with Crippen molar-refractivity contribution < 1.29 is 30.3 Å². The van der Waals surface area contributed by atoms with E-state index >= 15 is 0 Å². The first-order valence-corrected chi connectivity index (χ1v) is 11.9. The van der Waals surface area contributed by atoms with Gasteiger partial charge in [0.05, 0.1) is 24.4 Å². The highest BCUT2D eigenvalue weighted by Gasteiger charge is 2.65. The largest absolute Gasteiger partial charge is 0.481 e. The lowest BCUT2D eigenvalue weighted by Crippen LogP contribution is -2.65. The molecule has 4 rings (SSSR count). The van der Waals surface area contributed by atoms with Gasteiger partial charge in [0, 0.05) is 6.42 Å². The van der Waals surface area contributed by atoms with Gasteiger partial charge in [-0.2, -0.15) is 0 Å². The Balaban J connectivity index is 1.61. The van der Waals surface area contributed by atoms with Gasteiger partial charge in [-0.3, -0.25) is 4.79 Å². The molecule has 0 radical (unpaired) electrons. The third-order valence-corrected chi connectivity index (χ3v) is 10.3. The number of aliphatic hydroxyl groups excluding tert-OH is 4. The zero-order valence-electron chi connectivity index (χ0n) is 18.6. The number of hydrogen-bond acceptors (Lipinski definition) is 5. The first kappa shape index (κ1) is 22.5. The average Bonchev–Trinajstić information content (AvgIpc) is 3.03. The molecule has 0 heterocycles. The molecule has 0 aliphatic heterocycles. The lowest BCUT2D eigenvalue weighted by Gasteiger charge is -2.64. The highest BCUT2D eigenvalue weighted by atomic mass is 16.4. The first-order chi connectivity index (χ1) is 14.0. The molecule has 4 aliphatic rings. The van der Waals surface area contributed by atoms with Crippen LogP contribution in [0.3, 0.4) is 0 Å². The van der Waals surface area contributed by atoms with E-state index in [1.807, 2.05) is 0 Å². The number of aliphatic hydroxyl groups is 4. The molecule has 5 unspecified atom stereocenters. The van der Waals surface area contributed by atoms with Crippen molar-refractivity contribution in [1.29, 1.82) is 0 Å². The topological polar surface area (TPSA) is 118 Å². The molecular weight excluding hydrogens is 384 g/mol. The Labute approximate surface area is 179 Å². The average molecular weight is 425 g/mol. The number of rotatable bonds is 4. The summed E-state index contributed by atoms with van der Waals surface area (Å²) in [7, 11) is 0. The number of carboxylic acid groups (broad SMARTS) is 1. The summed E-state index contributed by atoms with van der Waals surface area (Å²) >= 11 is 0. The van der Waals surface area contributed by atoms with Crippen LogP contribution in [0.4, 0.5) is 0 Å². The van der Waals surface area contributed by atoms with Gasteiger partial charge in [0.1, 0.15) is 0 Å². The van der Waals surface area contributed by atoms with Crippen molar-refractivity contribution in [3.63, 3.8) is 0 Å². The molecule has 4 aliphatic carbocycles. The maximum Gasteiger partial charge on any atom is 0.303 e. The second-order valence-corrected chi connectivity index (χ2v) is 11.6. The van der Waals surface area contributed by atoms with Crippen LogP contribution >= 0.6 is 0 Å². The standard InChI is InChI=1S/C24H40O6/c1-12(4-7-19(27)28)13-5-6-14-20-15(8-9-23(13,14)2)24(3)11-18(26)17(25)10-16(24)21(29)22(20)30/h12-18,20-22,25-26,29-30H,4-11H2,1-3H3,(H,27,28)/t12-,13-,14+,15+,16?,17?,18?,20+,21?,22?,23-,24-/m1/s1. The van der Waals surface area contributed by atoms with Gasteiger partial charge in [-0.15, -0.1) is 0 Å². The van der Waals surface area contributed by atoms with E-state index in [1.54, 1.807) is 0 Å². The molecule has 5 N–H and O–H groups in total. The van der Waals surface area contributed by atoms with Crippen molar-refractivity contribution in [2.24, 2.45) is 46.3 Å². The van der Waals surface area contributed by atoms with Gasteiger partial charge in [-0.25, -0.2) is 0 Å². The Morgan fingerprint density at radius 1 is 0.933 bits per heavy atom. The summed E-state index contributed by atoms with van der Waals surface area (Å²) in [4.78, 5) is 11.1. The monoisotopic (exact) mass is 424 g/mol. The van der Waals surface area contributed by atoms with E-state index in [9.17, 15) is 25.2 Å². The van der Waals surface area contributed by atoms with Crippen molar-refractivity contribution in [3.05, 3.63) is 0 Å². The van der Waals surface area contributed by atoms with Crippen LogP contribution < -0.4 is 0 Å². The van der Waals surface area contributed by atoms with Gasteiger partial charge in [-0.1, -0.05) is 20.8 Å². The zero-order valence-corrected chi connectivity index (χ0v) is 18.6. The van der Waals surface area contributed by atoms with Gasteiger partial charge < -0.3 is 25.5 Å². The van der Waals surface area contributed by atoms with E-state index in [2.05, 4.69) is 20.8 Å². The Bertz CT molecular complexity index is 668. The Hall–Kier alpha value is -0.690. The fourth-order valence-electron chi connectivity index (χ4n) is 8.81. The summed E-state index contributed by atoms with van der Waals surface area (Å²) in [6.45, 7) is 6.66. The molecule has 0 amide bonds. The maximum absolute atomic E-state index is 11.3. The van der Waals surface area contributed by atoms with Crippen LogP contribution in [-0.4, -0.2) is 55.9 Å². The second kappa shape index (κ2) is 7.72. The molecule has 0 aromatic heterocycles. The number of aliphatic carboxylic acids is 1. The third-order valence-electron chi connectivity index (χ3n) is 10.3. The van der Waals surface area contributed by atoms with E-state index in [-0.39, 0.29) is 35.0 Å². The third kappa shape index (κ3) is 3.25. The van der Waals surface area contributed by atoms with Crippen LogP contribution in [0.1, 0.15) is 72.1 Å². The maximum atomic E-state index is 11.3. The highest BCUT2D eigenvalue weighted by molar-refractivity contribution is 5.66. The second-order valence-electron chi connectivity index (χ2n) is 11.6. The van der Waals surface area contributed by atoms with Crippen LogP contribution in [0.2, 0.25) is 0 Å². The molecule has 172 valence electrons. The van der Waals surface area contributed by atoms with E-state index in [0.717, 1.165) is 25.7 Å². The van der Waals surface area contributed by atoms with Crippen molar-refractivity contribution in [3.8, 4) is 0 Å². The van der Waals surface area contributed by atoms with Gasteiger partial charge in [0.15, 0.2) is 0 Å². The smallest absolute Gasteiger partial charge is 0.303 e. The highest BCUT2D eigenvalue weighted by Crippen LogP contribution is 2.68. The number of hydrogen-bond donors (Lipinski definition) is 5. The minimum Gasteiger partial charge on any atom is -0.481 e. The summed E-state index contributed by atoms with van der Waals surface area (Å²) in [5.74, 6) is 0.370. The van der Waals surface area contributed by atoms with E-state index < -0.39 is 30.4 Å². The Morgan fingerprint density at radius 2 is 1.60 bits per heavy atom. The summed E-state index contributed by atoms with van der Waals surface area (Å²) in [5, 5.41) is 52.1. The zero-order chi connectivity index (χ0) is 22.0.